The molecule has 0 aliphatic heterocycles. The van der Waals surface area contributed by atoms with Crippen LogP contribution in [0.3, 0.4) is 0 Å². The third-order valence-corrected chi connectivity index (χ3v) is 10.5. The van der Waals surface area contributed by atoms with Gasteiger partial charge in [0.25, 0.3) is 0 Å². The van der Waals surface area contributed by atoms with E-state index >= 15 is 0 Å². The Morgan fingerprint density at radius 2 is 0.774 bits per heavy atom. The number of rotatable bonds is 41. The molecule has 53 heavy (non-hydrogen) atoms. The average Bonchev–Trinajstić information content (AvgIpc) is 3.14. The molecule has 9 heteroatoms. The smallest absolute Gasteiger partial charge is 0.322 e. The normalized spacial score (nSPS) is 13.1. The maximum Gasteiger partial charge on any atom is 0.322 e. The maximum atomic E-state index is 12.7. The van der Waals surface area contributed by atoms with E-state index in [0.717, 1.165) is 38.5 Å². The first-order chi connectivity index (χ1) is 25.7. The van der Waals surface area contributed by atoms with Crippen molar-refractivity contribution in [2.75, 3.05) is 6.61 Å². The predicted octanol–water partition coefficient (Wildman–Crippen LogP) is 11.1. The fourth-order valence-electron chi connectivity index (χ4n) is 6.78. The zero-order valence-corrected chi connectivity index (χ0v) is 34.5. The third kappa shape index (κ3) is 34.2. The first-order valence-electron chi connectivity index (χ1n) is 22.3. The largest absolute Gasteiger partial charge is 0.480 e. The van der Waals surface area contributed by atoms with E-state index in [1.807, 2.05) is 0 Å². The predicted molar refractivity (Wildman–Crippen MR) is 218 cm³/mol. The highest BCUT2D eigenvalue weighted by atomic mass is 16.6. The summed E-state index contributed by atoms with van der Waals surface area (Å²) in [7, 11) is 0. The van der Waals surface area contributed by atoms with Gasteiger partial charge >= 0.3 is 17.9 Å². The van der Waals surface area contributed by atoms with E-state index in [-0.39, 0.29) is 37.8 Å². The monoisotopic (exact) mass is 753 g/mol. The SMILES string of the molecule is CCCCCCCCCCCCCCCCCC(=O)OCC(CCC(=O)C(N)C(N)C(=O)O)OC(=O)CCCCCCCCCCCCCCCCC. The number of aliphatic carboxylic acids is 1. The standard InChI is InChI=1S/C44H84N2O7/c1-3-5-7-9-11-13-15-17-19-21-23-25-27-29-31-33-40(48)52-37-38(35-36-39(47)42(45)43(46)44(50)51)53-41(49)34-32-30-28-26-24-22-20-18-16-14-12-10-8-6-4-2/h38,42-43H,3-37,45-46H2,1-2H3,(H,50,51). The molecule has 3 atom stereocenters. The van der Waals surface area contributed by atoms with Crippen molar-refractivity contribution in [1.82, 2.24) is 0 Å². The van der Waals surface area contributed by atoms with Crippen LogP contribution in [-0.4, -0.2) is 53.6 Å². The number of Topliss-reactive ketones (excluding diaryl/α,β-unsaturated/α-hetero) is 1. The first kappa shape index (κ1) is 51.0. The lowest BCUT2D eigenvalue weighted by Gasteiger charge is -2.20. The molecule has 0 aliphatic rings. The number of esters is 2. The number of carbonyl (C=O) groups is 4. The molecule has 0 bridgehead atoms. The van der Waals surface area contributed by atoms with Gasteiger partial charge in [0, 0.05) is 19.3 Å². The number of hydrogen-bond acceptors (Lipinski definition) is 8. The molecule has 5 N–H and O–H groups in total. The third-order valence-electron chi connectivity index (χ3n) is 10.5. The Bertz CT molecular complexity index is 884. The molecular formula is C44H84N2O7. The van der Waals surface area contributed by atoms with Crippen molar-refractivity contribution in [3.05, 3.63) is 0 Å². The van der Waals surface area contributed by atoms with Gasteiger partial charge in [0.05, 0.1) is 6.04 Å². The number of carboxylic acids is 1. The second kappa shape index (κ2) is 38.3. The summed E-state index contributed by atoms with van der Waals surface area (Å²) in [6.07, 6.45) is 37.1. The minimum absolute atomic E-state index is 0.0791. The molecule has 0 spiro atoms. The van der Waals surface area contributed by atoms with Crippen LogP contribution in [0.2, 0.25) is 0 Å². The lowest BCUT2D eigenvalue weighted by Crippen LogP contribution is -2.51. The van der Waals surface area contributed by atoms with Crippen LogP contribution >= 0.6 is 0 Å². The number of unbranched alkanes of at least 4 members (excludes halogenated alkanes) is 28. The highest BCUT2D eigenvalue weighted by Crippen LogP contribution is 2.16. The number of ketones is 1. The lowest BCUT2D eigenvalue weighted by atomic mass is 10.0. The number of nitrogens with two attached hydrogens (primary N) is 2. The first-order valence-corrected chi connectivity index (χ1v) is 22.3. The Kier molecular flexibility index (Phi) is 36.8. The van der Waals surface area contributed by atoms with Gasteiger partial charge in [-0.2, -0.15) is 0 Å². The molecule has 312 valence electrons. The van der Waals surface area contributed by atoms with Crippen LogP contribution < -0.4 is 11.5 Å². The molecule has 3 unspecified atom stereocenters. The maximum absolute atomic E-state index is 12.7. The quantitative estimate of drug-likeness (QED) is 0.0408. The van der Waals surface area contributed by atoms with Crippen LogP contribution in [0.15, 0.2) is 0 Å². The Labute approximate surface area is 325 Å². The van der Waals surface area contributed by atoms with Crippen molar-refractivity contribution in [2.45, 2.75) is 250 Å². The molecule has 0 aromatic carbocycles. The van der Waals surface area contributed by atoms with Gasteiger partial charge in [-0.3, -0.25) is 19.2 Å². The highest BCUT2D eigenvalue weighted by Gasteiger charge is 2.28. The Morgan fingerprint density at radius 1 is 0.453 bits per heavy atom. The van der Waals surface area contributed by atoms with E-state index < -0.39 is 29.9 Å². The van der Waals surface area contributed by atoms with Crippen LogP contribution in [0.1, 0.15) is 232 Å². The minimum Gasteiger partial charge on any atom is -0.480 e. The summed E-state index contributed by atoms with van der Waals surface area (Å²) in [6.45, 7) is 4.37. The summed E-state index contributed by atoms with van der Waals surface area (Å²) in [6, 6.07) is -2.88. The summed E-state index contributed by atoms with van der Waals surface area (Å²) in [5.74, 6) is -2.63. The summed E-state index contributed by atoms with van der Waals surface area (Å²) < 4.78 is 11.1. The van der Waals surface area contributed by atoms with Crippen molar-refractivity contribution in [3.63, 3.8) is 0 Å². The number of hydrogen-bond donors (Lipinski definition) is 3. The Hall–Kier alpha value is -2.00. The molecular weight excluding hydrogens is 668 g/mol. The van der Waals surface area contributed by atoms with Crippen LogP contribution in [0.25, 0.3) is 0 Å². The molecule has 0 fully saturated rings. The summed E-state index contributed by atoms with van der Waals surface area (Å²) in [4.78, 5) is 48.8. The molecule has 0 amide bonds. The Balaban J connectivity index is 4.26. The highest BCUT2D eigenvalue weighted by molar-refractivity contribution is 5.90. The van der Waals surface area contributed by atoms with Crippen molar-refractivity contribution >= 4 is 23.7 Å². The minimum atomic E-state index is -1.51. The van der Waals surface area contributed by atoms with E-state index in [2.05, 4.69) is 13.8 Å². The molecule has 0 saturated carbocycles. The molecule has 0 heterocycles. The molecule has 0 saturated heterocycles. The average molecular weight is 753 g/mol. The summed E-state index contributed by atoms with van der Waals surface area (Å²) in [5.41, 5.74) is 11.3. The van der Waals surface area contributed by atoms with Crippen molar-refractivity contribution in [2.24, 2.45) is 11.5 Å². The van der Waals surface area contributed by atoms with E-state index in [1.54, 1.807) is 0 Å². The lowest BCUT2D eigenvalue weighted by molar-refractivity contribution is -0.160. The summed E-state index contributed by atoms with van der Waals surface area (Å²) in [5, 5.41) is 9.09. The molecule has 0 radical (unpaired) electrons. The van der Waals surface area contributed by atoms with Crippen LogP contribution in [-0.2, 0) is 28.7 Å². The number of carbonyl (C=O) groups excluding carboxylic acids is 3. The van der Waals surface area contributed by atoms with Crippen molar-refractivity contribution < 1.29 is 33.8 Å². The van der Waals surface area contributed by atoms with Gasteiger partial charge in [0.2, 0.25) is 0 Å². The molecule has 0 rings (SSSR count). The van der Waals surface area contributed by atoms with Gasteiger partial charge in [0.15, 0.2) is 5.78 Å². The van der Waals surface area contributed by atoms with Crippen LogP contribution in [0.4, 0.5) is 0 Å². The van der Waals surface area contributed by atoms with Gasteiger partial charge in [-0.05, 0) is 19.3 Å². The van der Waals surface area contributed by atoms with Gasteiger partial charge in [0.1, 0.15) is 18.8 Å². The number of carboxylic acid groups (broad SMARTS) is 1. The van der Waals surface area contributed by atoms with Gasteiger partial charge in [-0.1, -0.05) is 194 Å². The summed E-state index contributed by atoms with van der Waals surface area (Å²) >= 11 is 0. The fourth-order valence-corrected chi connectivity index (χ4v) is 6.78. The molecule has 0 aromatic rings. The zero-order valence-electron chi connectivity index (χ0n) is 34.5. The van der Waals surface area contributed by atoms with Gasteiger partial charge in [-0.25, -0.2) is 0 Å². The second-order valence-electron chi connectivity index (χ2n) is 15.6. The molecule has 9 nitrogen and oxygen atoms in total. The Morgan fingerprint density at radius 3 is 1.11 bits per heavy atom. The van der Waals surface area contributed by atoms with Crippen LogP contribution in [0.5, 0.6) is 0 Å². The van der Waals surface area contributed by atoms with E-state index in [1.165, 1.54) is 154 Å². The number of ether oxygens (including phenoxy) is 2. The fraction of sp³-hybridized carbons (Fsp3) is 0.909. The van der Waals surface area contributed by atoms with E-state index in [0.29, 0.717) is 6.42 Å². The second-order valence-corrected chi connectivity index (χ2v) is 15.6. The molecule has 0 aromatic heterocycles. The zero-order chi connectivity index (χ0) is 39.2. The van der Waals surface area contributed by atoms with Gasteiger partial charge in [-0.15, -0.1) is 0 Å². The van der Waals surface area contributed by atoms with E-state index in [4.69, 9.17) is 26.0 Å². The van der Waals surface area contributed by atoms with Crippen molar-refractivity contribution in [3.8, 4) is 0 Å². The molecule has 0 aliphatic carbocycles. The van der Waals surface area contributed by atoms with Crippen molar-refractivity contribution in [1.29, 1.82) is 0 Å². The van der Waals surface area contributed by atoms with Gasteiger partial charge < -0.3 is 26.0 Å². The topological polar surface area (TPSA) is 159 Å². The van der Waals surface area contributed by atoms with E-state index in [9.17, 15) is 19.2 Å². The van der Waals surface area contributed by atoms with Crippen LogP contribution in [0, 0.1) is 0 Å².